The van der Waals surface area contributed by atoms with Crippen molar-refractivity contribution >= 4 is 5.96 Å². The Labute approximate surface area is 129 Å². The molecular weight excluding hydrogens is 258 g/mol. The lowest BCUT2D eigenvalue weighted by atomic mass is 9.96. The maximum atomic E-state index is 4.91. The molecule has 0 spiro atoms. The number of hydrogen-bond acceptors (Lipinski definition) is 1. The molecule has 2 rings (SSSR count). The van der Waals surface area contributed by atoms with Crippen LogP contribution in [0.2, 0.25) is 0 Å². The highest BCUT2D eigenvalue weighted by Gasteiger charge is 2.44. The topological polar surface area (TPSA) is 27.6 Å². The summed E-state index contributed by atoms with van der Waals surface area (Å²) in [5.41, 5.74) is 1.74. The Morgan fingerprint density at radius 2 is 1.95 bits per heavy atom. The lowest BCUT2D eigenvalue weighted by Gasteiger charge is -2.23. The number of aliphatic imine (C=N–C) groups is 1. The third-order valence-electron chi connectivity index (χ3n) is 4.31. The molecule has 0 heterocycles. The normalized spacial score (nSPS) is 16.6. The minimum Gasteiger partial charge on any atom is -0.357 e. The van der Waals surface area contributed by atoms with Gasteiger partial charge >= 0.3 is 0 Å². The van der Waals surface area contributed by atoms with Crippen molar-refractivity contribution in [1.29, 1.82) is 0 Å². The molecule has 0 amide bonds. The second-order valence-electron chi connectivity index (χ2n) is 6.09. The zero-order chi connectivity index (χ0) is 15.1. The maximum absolute atomic E-state index is 4.91. The lowest BCUT2D eigenvalue weighted by molar-refractivity contribution is 0.463. The molecule has 1 aromatic carbocycles. The fourth-order valence-corrected chi connectivity index (χ4v) is 2.68. The van der Waals surface area contributed by atoms with Crippen LogP contribution in [0.3, 0.4) is 0 Å². The summed E-state index contributed by atoms with van der Waals surface area (Å²) in [6.45, 7) is 7.25. The van der Waals surface area contributed by atoms with E-state index >= 15 is 0 Å². The van der Waals surface area contributed by atoms with E-state index < -0.39 is 0 Å². The first-order valence-electron chi connectivity index (χ1n) is 8.27. The van der Waals surface area contributed by atoms with Gasteiger partial charge in [-0.15, -0.1) is 0 Å². The fraction of sp³-hybridized carbons (Fsp3) is 0.611. The Balaban J connectivity index is 2.02. The second kappa shape index (κ2) is 7.48. The van der Waals surface area contributed by atoms with Gasteiger partial charge in [0.25, 0.3) is 0 Å². The predicted octanol–water partition coefficient (Wildman–Crippen LogP) is 3.42. The summed E-state index contributed by atoms with van der Waals surface area (Å²) in [6.07, 6.45) is 4.96. The Morgan fingerprint density at radius 1 is 1.24 bits per heavy atom. The van der Waals surface area contributed by atoms with E-state index in [0.717, 1.165) is 25.6 Å². The van der Waals surface area contributed by atoms with Crippen LogP contribution in [-0.4, -0.2) is 37.5 Å². The van der Waals surface area contributed by atoms with Gasteiger partial charge in [-0.2, -0.15) is 0 Å². The number of unbranched alkanes of at least 4 members (excludes halogenated alkanes) is 1. The van der Waals surface area contributed by atoms with Crippen LogP contribution in [0.1, 0.15) is 45.1 Å². The number of guanidine groups is 1. The quantitative estimate of drug-likeness (QED) is 0.615. The molecule has 1 fully saturated rings. The summed E-state index contributed by atoms with van der Waals surface area (Å²) in [5, 5.41) is 3.42. The predicted molar refractivity (Wildman–Crippen MR) is 90.9 cm³/mol. The van der Waals surface area contributed by atoms with Crippen molar-refractivity contribution in [2.24, 2.45) is 4.99 Å². The van der Waals surface area contributed by atoms with Crippen LogP contribution in [0.5, 0.6) is 0 Å². The zero-order valence-electron chi connectivity index (χ0n) is 13.7. The van der Waals surface area contributed by atoms with E-state index in [1.807, 2.05) is 0 Å². The van der Waals surface area contributed by atoms with E-state index in [0.29, 0.717) is 5.41 Å². The molecule has 3 heteroatoms. The molecule has 1 saturated carbocycles. The van der Waals surface area contributed by atoms with Gasteiger partial charge in [0, 0.05) is 25.6 Å². The largest absolute Gasteiger partial charge is 0.357 e. The van der Waals surface area contributed by atoms with E-state index in [9.17, 15) is 0 Å². The zero-order valence-corrected chi connectivity index (χ0v) is 13.7. The molecule has 1 aromatic rings. The van der Waals surface area contributed by atoms with Crippen molar-refractivity contribution < 1.29 is 0 Å². The van der Waals surface area contributed by atoms with Crippen LogP contribution in [0.15, 0.2) is 35.3 Å². The molecule has 0 aromatic heterocycles. The molecule has 116 valence electrons. The molecule has 0 bridgehead atoms. The number of nitrogens with one attached hydrogen (secondary N) is 1. The SMILES string of the molecule is CCCCN(C)C(=NCC1(c2ccccc2)CC1)NCC. The first kappa shape index (κ1) is 15.9. The average Bonchev–Trinajstić information content (AvgIpc) is 3.31. The minimum absolute atomic E-state index is 0.299. The van der Waals surface area contributed by atoms with Crippen LogP contribution in [-0.2, 0) is 5.41 Å². The summed E-state index contributed by atoms with van der Waals surface area (Å²) < 4.78 is 0. The van der Waals surface area contributed by atoms with Crippen LogP contribution in [0.4, 0.5) is 0 Å². The van der Waals surface area contributed by atoms with Gasteiger partial charge < -0.3 is 10.2 Å². The van der Waals surface area contributed by atoms with Gasteiger partial charge in [-0.3, -0.25) is 4.99 Å². The van der Waals surface area contributed by atoms with E-state index in [4.69, 9.17) is 4.99 Å². The second-order valence-corrected chi connectivity index (χ2v) is 6.09. The molecule has 0 unspecified atom stereocenters. The molecular formula is C18H29N3. The monoisotopic (exact) mass is 287 g/mol. The van der Waals surface area contributed by atoms with E-state index in [-0.39, 0.29) is 0 Å². The molecule has 0 saturated heterocycles. The van der Waals surface area contributed by atoms with Crippen molar-refractivity contribution in [3.8, 4) is 0 Å². The summed E-state index contributed by atoms with van der Waals surface area (Å²) in [4.78, 5) is 7.17. The molecule has 21 heavy (non-hydrogen) atoms. The van der Waals surface area contributed by atoms with Crippen molar-refractivity contribution in [3.05, 3.63) is 35.9 Å². The van der Waals surface area contributed by atoms with Gasteiger partial charge in [0.15, 0.2) is 5.96 Å². The molecule has 1 aliphatic carbocycles. The molecule has 0 atom stereocenters. The average molecular weight is 287 g/mol. The maximum Gasteiger partial charge on any atom is 0.193 e. The highest BCUT2D eigenvalue weighted by Crippen LogP contribution is 2.48. The summed E-state index contributed by atoms with van der Waals surface area (Å²) in [6, 6.07) is 10.9. The Hall–Kier alpha value is -1.51. The molecule has 1 aliphatic rings. The number of rotatable bonds is 7. The van der Waals surface area contributed by atoms with Crippen molar-refractivity contribution in [1.82, 2.24) is 10.2 Å². The minimum atomic E-state index is 0.299. The Kier molecular flexibility index (Phi) is 5.66. The van der Waals surface area contributed by atoms with Crippen LogP contribution in [0.25, 0.3) is 0 Å². The van der Waals surface area contributed by atoms with E-state index in [2.05, 4.69) is 61.4 Å². The van der Waals surface area contributed by atoms with Crippen molar-refractivity contribution in [2.45, 2.75) is 44.9 Å². The third-order valence-corrected chi connectivity index (χ3v) is 4.31. The molecule has 0 aliphatic heterocycles. The molecule has 3 nitrogen and oxygen atoms in total. The van der Waals surface area contributed by atoms with Gasteiger partial charge in [-0.05, 0) is 31.7 Å². The summed E-state index contributed by atoms with van der Waals surface area (Å²) in [5.74, 6) is 1.05. The highest BCUT2D eigenvalue weighted by molar-refractivity contribution is 5.79. The van der Waals surface area contributed by atoms with E-state index in [1.165, 1.54) is 31.2 Å². The van der Waals surface area contributed by atoms with Gasteiger partial charge in [0.1, 0.15) is 0 Å². The standard InChI is InChI=1S/C18H29N3/c1-4-6-14-21(3)17(19-5-2)20-15-18(12-13-18)16-10-8-7-9-11-16/h7-11H,4-6,12-15H2,1-3H3,(H,19,20). The number of hydrogen-bond donors (Lipinski definition) is 1. The van der Waals surface area contributed by atoms with E-state index in [1.54, 1.807) is 0 Å². The van der Waals surface area contributed by atoms with Crippen LogP contribution >= 0.6 is 0 Å². The van der Waals surface area contributed by atoms with Gasteiger partial charge in [0.2, 0.25) is 0 Å². The lowest BCUT2D eigenvalue weighted by Crippen LogP contribution is -2.40. The van der Waals surface area contributed by atoms with Crippen LogP contribution in [0, 0.1) is 0 Å². The van der Waals surface area contributed by atoms with Gasteiger partial charge in [-0.1, -0.05) is 43.7 Å². The first-order chi connectivity index (χ1) is 10.2. The van der Waals surface area contributed by atoms with Gasteiger partial charge in [-0.25, -0.2) is 0 Å². The number of benzene rings is 1. The van der Waals surface area contributed by atoms with Crippen molar-refractivity contribution in [3.63, 3.8) is 0 Å². The Bertz CT molecular complexity index is 449. The molecule has 1 N–H and O–H groups in total. The third kappa shape index (κ3) is 4.23. The smallest absolute Gasteiger partial charge is 0.193 e. The number of nitrogens with zero attached hydrogens (tertiary/aromatic N) is 2. The van der Waals surface area contributed by atoms with Gasteiger partial charge in [0.05, 0.1) is 6.54 Å². The van der Waals surface area contributed by atoms with Crippen LogP contribution < -0.4 is 5.32 Å². The summed E-state index contributed by atoms with van der Waals surface area (Å²) >= 11 is 0. The summed E-state index contributed by atoms with van der Waals surface area (Å²) in [7, 11) is 2.14. The first-order valence-corrected chi connectivity index (χ1v) is 8.27. The fourth-order valence-electron chi connectivity index (χ4n) is 2.68. The van der Waals surface area contributed by atoms with Crippen molar-refractivity contribution in [2.75, 3.05) is 26.7 Å². The molecule has 0 radical (unpaired) electrons. The Morgan fingerprint density at radius 3 is 2.52 bits per heavy atom. The highest BCUT2D eigenvalue weighted by atomic mass is 15.3.